The van der Waals surface area contributed by atoms with E-state index in [0.717, 1.165) is 41.9 Å². The van der Waals surface area contributed by atoms with Gasteiger partial charge in [-0.2, -0.15) is 4.37 Å². The Morgan fingerprint density at radius 1 is 1.21 bits per heavy atom. The van der Waals surface area contributed by atoms with Crippen molar-refractivity contribution in [3.05, 3.63) is 24.5 Å². The van der Waals surface area contributed by atoms with E-state index in [1.165, 1.54) is 11.5 Å². The van der Waals surface area contributed by atoms with Gasteiger partial charge in [0.15, 0.2) is 0 Å². The molecule has 19 heavy (non-hydrogen) atoms. The molecular formula is C13H18N4OS. The second kappa shape index (κ2) is 7.06. The van der Waals surface area contributed by atoms with E-state index in [1.807, 2.05) is 12.1 Å². The van der Waals surface area contributed by atoms with E-state index in [-0.39, 0.29) is 6.61 Å². The molecule has 2 rings (SSSR count). The minimum atomic E-state index is 0.260. The summed E-state index contributed by atoms with van der Waals surface area (Å²) >= 11 is 1.38. The van der Waals surface area contributed by atoms with Crippen molar-refractivity contribution in [2.75, 3.05) is 24.2 Å². The van der Waals surface area contributed by atoms with Crippen LogP contribution in [-0.2, 0) is 0 Å². The summed E-state index contributed by atoms with van der Waals surface area (Å²) in [6.45, 7) is 1.12. The van der Waals surface area contributed by atoms with Gasteiger partial charge >= 0.3 is 0 Å². The molecule has 0 radical (unpaired) electrons. The monoisotopic (exact) mass is 278 g/mol. The Labute approximate surface area is 116 Å². The summed E-state index contributed by atoms with van der Waals surface area (Å²) in [5.41, 5.74) is 7.91. The van der Waals surface area contributed by atoms with Crippen LogP contribution in [0.3, 0.4) is 0 Å². The van der Waals surface area contributed by atoms with Gasteiger partial charge in [0.1, 0.15) is 10.8 Å². The van der Waals surface area contributed by atoms with Crippen molar-refractivity contribution in [2.45, 2.75) is 19.3 Å². The van der Waals surface area contributed by atoms with Gasteiger partial charge in [-0.1, -0.05) is 0 Å². The second-order valence-electron chi connectivity index (χ2n) is 4.22. The Kier molecular flexibility index (Phi) is 5.11. The Morgan fingerprint density at radius 3 is 2.74 bits per heavy atom. The normalized spacial score (nSPS) is 10.6. The van der Waals surface area contributed by atoms with Crippen LogP contribution in [0, 0.1) is 0 Å². The number of nitrogens with two attached hydrogens (primary N) is 1. The highest BCUT2D eigenvalue weighted by Gasteiger charge is 2.12. The molecule has 0 aliphatic rings. The first-order valence-electron chi connectivity index (χ1n) is 6.33. The van der Waals surface area contributed by atoms with E-state index < -0.39 is 0 Å². The summed E-state index contributed by atoms with van der Waals surface area (Å²) in [5.74, 6) is 0.550. The van der Waals surface area contributed by atoms with Crippen molar-refractivity contribution in [2.24, 2.45) is 0 Å². The number of rotatable bonds is 7. The van der Waals surface area contributed by atoms with Gasteiger partial charge < -0.3 is 16.2 Å². The number of nitrogen functional groups attached to an aromatic ring is 1. The second-order valence-corrected chi connectivity index (χ2v) is 4.99. The average molecular weight is 278 g/mol. The number of aliphatic hydroxyl groups excluding tert-OH is 1. The molecule has 0 spiro atoms. The third-order valence-electron chi connectivity index (χ3n) is 2.81. The SMILES string of the molecule is Nc1nsc(NCCCCCO)c1-c1ccncc1. The van der Waals surface area contributed by atoms with Crippen LogP contribution in [0.15, 0.2) is 24.5 Å². The van der Waals surface area contributed by atoms with Crippen LogP contribution in [-0.4, -0.2) is 27.6 Å². The molecule has 102 valence electrons. The van der Waals surface area contributed by atoms with Crippen molar-refractivity contribution in [3.8, 4) is 11.1 Å². The predicted octanol–water partition coefficient (Wildman–Crippen LogP) is 2.36. The van der Waals surface area contributed by atoms with E-state index in [0.29, 0.717) is 5.82 Å². The van der Waals surface area contributed by atoms with Gasteiger partial charge in [-0.15, -0.1) is 0 Å². The largest absolute Gasteiger partial charge is 0.396 e. The van der Waals surface area contributed by atoms with Gasteiger partial charge in [0.2, 0.25) is 0 Å². The Bertz CT molecular complexity index is 501. The molecule has 0 saturated heterocycles. The fourth-order valence-corrected chi connectivity index (χ4v) is 2.60. The average Bonchev–Trinajstić information content (AvgIpc) is 2.81. The lowest BCUT2D eigenvalue weighted by Crippen LogP contribution is -2.01. The standard InChI is InChI=1S/C13H18N4OS/c14-12-11(10-4-7-15-8-5-10)13(19-17-12)16-6-2-1-3-9-18/h4-5,7-8,16,18H,1-3,6,9H2,(H2,14,17). The molecule has 4 N–H and O–H groups in total. The molecule has 0 amide bonds. The maximum atomic E-state index is 8.73. The van der Waals surface area contributed by atoms with Crippen LogP contribution in [0.4, 0.5) is 10.8 Å². The number of nitrogens with one attached hydrogen (secondary N) is 1. The summed E-state index contributed by atoms with van der Waals surface area (Å²) in [5, 5.41) is 13.1. The van der Waals surface area contributed by atoms with Gasteiger partial charge in [-0.3, -0.25) is 4.98 Å². The Morgan fingerprint density at radius 2 is 2.00 bits per heavy atom. The zero-order valence-electron chi connectivity index (χ0n) is 10.7. The first-order chi connectivity index (χ1) is 9.33. The van der Waals surface area contributed by atoms with Crippen LogP contribution in [0.1, 0.15) is 19.3 Å². The van der Waals surface area contributed by atoms with Gasteiger partial charge in [-0.05, 0) is 48.5 Å². The maximum absolute atomic E-state index is 8.73. The minimum Gasteiger partial charge on any atom is -0.396 e. The molecule has 0 atom stereocenters. The molecule has 0 aliphatic heterocycles. The molecule has 2 aromatic heterocycles. The summed E-state index contributed by atoms with van der Waals surface area (Å²) in [6.07, 6.45) is 6.38. The number of nitrogens with zero attached hydrogens (tertiary/aromatic N) is 2. The molecule has 2 aromatic rings. The minimum absolute atomic E-state index is 0.260. The first kappa shape index (κ1) is 13.8. The molecular weight excluding hydrogens is 260 g/mol. The lowest BCUT2D eigenvalue weighted by molar-refractivity contribution is 0.283. The van der Waals surface area contributed by atoms with E-state index in [9.17, 15) is 0 Å². The van der Waals surface area contributed by atoms with Crippen LogP contribution < -0.4 is 11.1 Å². The number of unbranched alkanes of at least 4 members (excludes halogenated alkanes) is 2. The smallest absolute Gasteiger partial charge is 0.147 e. The molecule has 2 heterocycles. The van der Waals surface area contributed by atoms with Crippen LogP contribution in [0.2, 0.25) is 0 Å². The van der Waals surface area contributed by atoms with Gasteiger partial charge in [0.25, 0.3) is 0 Å². The van der Waals surface area contributed by atoms with Gasteiger partial charge in [0, 0.05) is 25.5 Å². The zero-order chi connectivity index (χ0) is 13.5. The number of hydrogen-bond donors (Lipinski definition) is 3. The first-order valence-corrected chi connectivity index (χ1v) is 7.10. The van der Waals surface area contributed by atoms with E-state index >= 15 is 0 Å². The molecule has 0 aromatic carbocycles. The van der Waals surface area contributed by atoms with Crippen LogP contribution in [0.5, 0.6) is 0 Å². The van der Waals surface area contributed by atoms with Crippen molar-refractivity contribution < 1.29 is 5.11 Å². The van der Waals surface area contributed by atoms with Gasteiger partial charge in [0.05, 0.1) is 5.56 Å². The fraction of sp³-hybridized carbons (Fsp3) is 0.385. The highest BCUT2D eigenvalue weighted by Crippen LogP contribution is 2.36. The summed E-state index contributed by atoms with van der Waals surface area (Å²) < 4.78 is 4.20. The van der Waals surface area contributed by atoms with Crippen molar-refractivity contribution in [1.29, 1.82) is 0 Å². The molecule has 0 aliphatic carbocycles. The zero-order valence-corrected chi connectivity index (χ0v) is 11.5. The van der Waals surface area contributed by atoms with Crippen LogP contribution >= 0.6 is 11.5 Å². The lowest BCUT2D eigenvalue weighted by Gasteiger charge is -2.07. The van der Waals surface area contributed by atoms with Crippen molar-refractivity contribution in [1.82, 2.24) is 9.36 Å². The van der Waals surface area contributed by atoms with E-state index in [4.69, 9.17) is 10.8 Å². The van der Waals surface area contributed by atoms with Crippen LogP contribution in [0.25, 0.3) is 11.1 Å². The third-order valence-corrected chi connectivity index (χ3v) is 3.63. The van der Waals surface area contributed by atoms with E-state index in [2.05, 4.69) is 14.7 Å². The molecule has 0 saturated carbocycles. The van der Waals surface area contributed by atoms with Crippen molar-refractivity contribution >= 4 is 22.4 Å². The third kappa shape index (κ3) is 3.65. The van der Waals surface area contributed by atoms with Crippen molar-refractivity contribution in [3.63, 3.8) is 0 Å². The molecule has 0 bridgehead atoms. The number of anilines is 2. The molecule has 0 fully saturated rings. The number of aliphatic hydroxyl groups is 1. The summed E-state index contributed by atoms with van der Waals surface area (Å²) in [4.78, 5) is 4.01. The Hall–Kier alpha value is -1.66. The quantitative estimate of drug-likeness (QED) is 0.677. The number of hydrogen-bond acceptors (Lipinski definition) is 6. The highest BCUT2D eigenvalue weighted by atomic mass is 32.1. The predicted molar refractivity (Wildman–Crippen MR) is 79.2 cm³/mol. The number of pyridine rings is 1. The lowest BCUT2D eigenvalue weighted by atomic mass is 10.1. The van der Waals surface area contributed by atoms with E-state index in [1.54, 1.807) is 12.4 Å². The molecule has 6 heteroatoms. The fourth-order valence-electron chi connectivity index (χ4n) is 1.84. The molecule has 0 unspecified atom stereocenters. The number of aromatic nitrogens is 2. The summed E-state index contributed by atoms with van der Waals surface area (Å²) in [7, 11) is 0. The molecule has 5 nitrogen and oxygen atoms in total. The topological polar surface area (TPSA) is 84.1 Å². The van der Waals surface area contributed by atoms with Gasteiger partial charge in [-0.25, -0.2) is 0 Å². The highest BCUT2D eigenvalue weighted by molar-refractivity contribution is 7.11. The Balaban J connectivity index is 2.02. The summed E-state index contributed by atoms with van der Waals surface area (Å²) in [6, 6.07) is 3.86. The maximum Gasteiger partial charge on any atom is 0.147 e.